The molecule has 0 fully saturated rings. The number of hydrogen-bond acceptors (Lipinski definition) is 2. The van der Waals surface area contributed by atoms with Gasteiger partial charge in [0.05, 0.1) is 0 Å². The lowest BCUT2D eigenvalue weighted by Crippen LogP contribution is -2.13. The first-order valence-corrected chi connectivity index (χ1v) is 7.97. The molecule has 0 aliphatic carbocycles. The molecule has 0 aliphatic heterocycles. The number of carbonyl (C=O) groups is 1. The van der Waals surface area contributed by atoms with E-state index in [1.807, 2.05) is 56.3 Å². The second-order valence-electron chi connectivity index (χ2n) is 5.38. The molecule has 0 atom stereocenters. The van der Waals surface area contributed by atoms with Crippen LogP contribution in [0.4, 0.5) is 0 Å². The SMILES string of the molecule is C=Cc1ccccc1OC(=O)/C(CC)=C(\C)c1ccccc1C=C. The summed E-state index contributed by atoms with van der Waals surface area (Å²) in [7, 11) is 0. The van der Waals surface area contributed by atoms with Gasteiger partial charge in [-0.25, -0.2) is 4.79 Å². The first-order chi connectivity index (χ1) is 11.6. The number of para-hydroxylation sites is 1. The van der Waals surface area contributed by atoms with E-state index in [2.05, 4.69) is 13.2 Å². The van der Waals surface area contributed by atoms with Crippen molar-refractivity contribution >= 4 is 23.7 Å². The van der Waals surface area contributed by atoms with Gasteiger partial charge in [0, 0.05) is 11.1 Å². The summed E-state index contributed by atoms with van der Waals surface area (Å²) in [5.74, 6) is 0.191. The van der Waals surface area contributed by atoms with E-state index in [0.717, 1.165) is 22.3 Å². The lowest BCUT2D eigenvalue weighted by Gasteiger charge is -2.13. The van der Waals surface area contributed by atoms with Gasteiger partial charge in [0.2, 0.25) is 0 Å². The molecule has 2 aromatic rings. The molecule has 0 bridgehead atoms. The van der Waals surface area contributed by atoms with Crippen LogP contribution in [0.5, 0.6) is 5.75 Å². The highest BCUT2D eigenvalue weighted by Crippen LogP contribution is 2.27. The minimum Gasteiger partial charge on any atom is -0.423 e. The molecule has 2 nitrogen and oxygen atoms in total. The van der Waals surface area contributed by atoms with Gasteiger partial charge in [0.15, 0.2) is 0 Å². The predicted molar refractivity (Wildman–Crippen MR) is 102 cm³/mol. The van der Waals surface area contributed by atoms with Crippen LogP contribution in [-0.4, -0.2) is 5.97 Å². The van der Waals surface area contributed by atoms with E-state index in [-0.39, 0.29) is 5.97 Å². The predicted octanol–water partition coefficient (Wildman–Crippen LogP) is 5.76. The van der Waals surface area contributed by atoms with Crippen molar-refractivity contribution < 1.29 is 9.53 Å². The Bertz CT molecular complexity index is 797. The molecular formula is C22H22O2. The Morgan fingerprint density at radius 2 is 1.58 bits per heavy atom. The van der Waals surface area contributed by atoms with E-state index in [1.54, 1.807) is 18.2 Å². The van der Waals surface area contributed by atoms with Gasteiger partial charge in [-0.1, -0.05) is 74.7 Å². The molecule has 2 aromatic carbocycles. The molecule has 0 aliphatic rings. The maximum atomic E-state index is 12.7. The Morgan fingerprint density at radius 3 is 2.21 bits per heavy atom. The summed E-state index contributed by atoms with van der Waals surface area (Å²) in [6, 6.07) is 15.3. The van der Waals surface area contributed by atoms with Crippen LogP contribution in [0, 0.1) is 0 Å². The zero-order chi connectivity index (χ0) is 17.5. The van der Waals surface area contributed by atoms with E-state index in [1.165, 1.54) is 0 Å². The summed E-state index contributed by atoms with van der Waals surface area (Å²) in [5.41, 5.74) is 4.36. The minimum absolute atomic E-state index is 0.330. The van der Waals surface area contributed by atoms with Crippen molar-refractivity contribution in [3.8, 4) is 5.75 Å². The summed E-state index contributed by atoms with van der Waals surface area (Å²) in [6.07, 6.45) is 4.06. The molecule has 0 radical (unpaired) electrons. The zero-order valence-electron chi connectivity index (χ0n) is 14.2. The topological polar surface area (TPSA) is 26.3 Å². The molecule has 0 amide bonds. The van der Waals surface area contributed by atoms with Crippen LogP contribution >= 0.6 is 0 Å². The Kier molecular flexibility index (Phi) is 5.91. The van der Waals surface area contributed by atoms with Crippen molar-refractivity contribution in [1.82, 2.24) is 0 Å². The van der Waals surface area contributed by atoms with Gasteiger partial charge in [0.1, 0.15) is 5.75 Å². The Labute approximate surface area is 143 Å². The summed E-state index contributed by atoms with van der Waals surface area (Å²) < 4.78 is 5.61. The van der Waals surface area contributed by atoms with Crippen molar-refractivity contribution in [3.63, 3.8) is 0 Å². The van der Waals surface area contributed by atoms with Gasteiger partial charge in [-0.3, -0.25) is 0 Å². The molecule has 0 aromatic heterocycles. The maximum absolute atomic E-state index is 12.7. The molecule has 122 valence electrons. The highest BCUT2D eigenvalue weighted by Gasteiger charge is 2.16. The number of esters is 1. The smallest absolute Gasteiger partial charge is 0.339 e. The molecule has 0 saturated carbocycles. The lowest BCUT2D eigenvalue weighted by atomic mass is 9.95. The zero-order valence-corrected chi connectivity index (χ0v) is 14.2. The molecule has 0 saturated heterocycles. The molecule has 2 heteroatoms. The van der Waals surface area contributed by atoms with Crippen LogP contribution in [0.25, 0.3) is 17.7 Å². The first kappa shape index (κ1) is 17.5. The van der Waals surface area contributed by atoms with Gasteiger partial charge in [-0.05, 0) is 36.1 Å². The van der Waals surface area contributed by atoms with Crippen molar-refractivity contribution in [2.75, 3.05) is 0 Å². The second-order valence-corrected chi connectivity index (χ2v) is 5.38. The molecule has 0 spiro atoms. The third-order valence-electron chi connectivity index (χ3n) is 3.98. The van der Waals surface area contributed by atoms with E-state index in [9.17, 15) is 4.79 Å². The van der Waals surface area contributed by atoms with Crippen LogP contribution in [0.1, 0.15) is 37.0 Å². The quantitative estimate of drug-likeness (QED) is 0.384. The Morgan fingerprint density at radius 1 is 1.00 bits per heavy atom. The standard InChI is InChI=1S/C22H22O2/c1-5-17-12-8-10-14-20(17)16(4)19(7-3)22(23)24-21-15-11-9-13-18(21)6-2/h5-6,8-15H,1-2,7H2,3-4H3/b19-16+. The average Bonchev–Trinajstić information content (AvgIpc) is 2.62. The lowest BCUT2D eigenvalue weighted by molar-refractivity contribution is -0.130. The van der Waals surface area contributed by atoms with E-state index in [4.69, 9.17) is 4.74 Å². The molecule has 0 heterocycles. The van der Waals surface area contributed by atoms with Crippen LogP contribution in [0.2, 0.25) is 0 Å². The number of rotatable bonds is 6. The maximum Gasteiger partial charge on any atom is 0.339 e. The fourth-order valence-electron chi connectivity index (χ4n) is 2.65. The van der Waals surface area contributed by atoms with Crippen molar-refractivity contribution in [3.05, 3.63) is 84.0 Å². The van der Waals surface area contributed by atoms with Gasteiger partial charge in [0.25, 0.3) is 0 Å². The van der Waals surface area contributed by atoms with Crippen LogP contribution in [0.15, 0.2) is 67.3 Å². The molecule has 0 unspecified atom stereocenters. The van der Waals surface area contributed by atoms with Crippen molar-refractivity contribution in [1.29, 1.82) is 0 Å². The monoisotopic (exact) mass is 318 g/mol. The van der Waals surface area contributed by atoms with Crippen LogP contribution < -0.4 is 4.74 Å². The van der Waals surface area contributed by atoms with Crippen molar-refractivity contribution in [2.45, 2.75) is 20.3 Å². The average molecular weight is 318 g/mol. The summed E-state index contributed by atoms with van der Waals surface area (Å²) in [4.78, 5) is 12.7. The molecule has 24 heavy (non-hydrogen) atoms. The van der Waals surface area contributed by atoms with Gasteiger partial charge in [-0.2, -0.15) is 0 Å². The van der Waals surface area contributed by atoms with E-state index in [0.29, 0.717) is 17.7 Å². The fourth-order valence-corrected chi connectivity index (χ4v) is 2.65. The normalized spacial score (nSPS) is 11.4. The number of carbonyl (C=O) groups excluding carboxylic acids is 1. The van der Waals surface area contributed by atoms with Gasteiger partial charge >= 0.3 is 5.97 Å². The van der Waals surface area contributed by atoms with Gasteiger partial charge < -0.3 is 4.74 Å². The van der Waals surface area contributed by atoms with Crippen LogP contribution in [-0.2, 0) is 4.79 Å². The third kappa shape index (κ3) is 3.72. The third-order valence-corrected chi connectivity index (χ3v) is 3.98. The minimum atomic E-state index is -0.330. The molecule has 2 rings (SSSR count). The fraction of sp³-hybridized carbons (Fsp3) is 0.136. The highest BCUT2D eigenvalue weighted by atomic mass is 16.5. The van der Waals surface area contributed by atoms with E-state index >= 15 is 0 Å². The highest BCUT2D eigenvalue weighted by molar-refractivity contribution is 5.99. The molecular weight excluding hydrogens is 296 g/mol. The first-order valence-electron chi connectivity index (χ1n) is 7.97. The number of allylic oxidation sites excluding steroid dienone is 1. The van der Waals surface area contributed by atoms with E-state index < -0.39 is 0 Å². The summed E-state index contributed by atoms with van der Waals surface area (Å²) >= 11 is 0. The van der Waals surface area contributed by atoms with Crippen molar-refractivity contribution in [2.24, 2.45) is 0 Å². The Balaban J connectivity index is 2.41. The molecule has 0 N–H and O–H groups in total. The summed E-state index contributed by atoms with van der Waals surface area (Å²) in [5, 5.41) is 0. The second kappa shape index (κ2) is 8.11. The van der Waals surface area contributed by atoms with Crippen LogP contribution in [0.3, 0.4) is 0 Å². The number of hydrogen-bond donors (Lipinski definition) is 0. The number of benzene rings is 2. The summed E-state index contributed by atoms with van der Waals surface area (Å²) in [6.45, 7) is 11.5. The van der Waals surface area contributed by atoms with Gasteiger partial charge in [-0.15, -0.1) is 0 Å². The Hall–Kier alpha value is -2.87. The number of ether oxygens (including phenoxy) is 1. The largest absolute Gasteiger partial charge is 0.423 e.